The first-order valence-corrected chi connectivity index (χ1v) is 12.5. The molecule has 1 saturated heterocycles. The first-order chi connectivity index (χ1) is 13.5. The molecule has 0 unspecified atom stereocenters. The van der Waals surface area contributed by atoms with E-state index in [4.69, 9.17) is 4.55 Å². The monoisotopic (exact) mass is 440 g/mol. The number of rotatable bonds is 4. The van der Waals surface area contributed by atoms with Crippen LogP contribution in [-0.2, 0) is 25.7 Å². The molecule has 1 fully saturated rings. The van der Waals surface area contributed by atoms with Crippen molar-refractivity contribution in [3.8, 4) is 0 Å². The van der Waals surface area contributed by atoms with Gasteiger partial charge in [-0.15, -0.1) is 0 Å². The van der Waals surface area contributed by atoms with E-state index < -0.39 is 25.7 Å². The molecule has 1 heterocycles. The second-order valence-corrected chi connectivity index (χ2v) is 10.6. The smallest absolute Gasteiger partial charge is 0.294 e. The summed E-state index contributed by atoms with van der Waals surface area (Å²) in [4.78, 5) is -0.0666. The summed E-state index contributed by atoms with van der Waals surface area (Å²) in [6, 6.07) is 15.9. The van der Waals surface area contributed by atoms with Gasteiger partial charge in [0.2, 0.25) is 10.0 Å². The van der Waals surface area contributed by atoms with Gasteiger partial charge in [0.15, 0.2) is 0 Å². The van der Waals surface area contributed by atoms with Crippen LogP contribution in [0.2, 0.25) is 0 Å². The highest BCUT2D eigenvalue weighted by Gasteiger charge is 2.41. The summed E-state index contributed by atoms with van der Waals surface area (Å²) >= 11 is 0. The Bertz CT molecular complexity index is 999. The molecule has 2 aromatic carbocycles. The van der Waals surface area contributed by atoms with Crippen LogP contribution in [0.15, 0.2) is 59.5 Å². The second-order valence-electron chi connectivity index (χ2n) is 7.17. The summed E-state index contributed by atoms with van der Waals surface area (Å²) in [5.74, 6) is 0. The van der Waals surface area contributed by atoms with E-state index in [0.717, 1.165) is 37.1 Å². The first-order valence-electron chi connectivity index (χ1n) is 9.21. The SMILES string of the molecule is CN(C1(c2ccccc2)CCNCC1)S(C)(=O)=O.Cc1ccc(S(=O)(=O)O)cc1. The molecule has 0 spiro atoms. The van der Waals surface area contributed by atoms with Gasteiger partial charge in [-0.2, -0.15) is 12.7 Å². The number of hydrogen-bond donors (Lipinski definition) is 2. The molecule has 0 amide bonds. The van der Waals surface area contributed by atoms with Gasteiger partial charge in [-0.05, 0) is 50.6 Å². The number of hydrogen-bond acceptors (Lipinski definition) is 5. The van der Waals surface area contributed by atoms with Crippen LogP contribution < -0.4 is 5.32 Å². The van der Waals surface area contributed by atoms with Crippen LogP contribution in [0.5, 0.6) is 0 Å². The molecule has 2 aromatic rings. The average molecular weight is 441 g/mol. The largest absolute Gasteiger partial charge is 0.317 e. The van der Waals surface area contributed by atoms with Gasteiger partial charge in [0.1, 0.15) is 0 Å². The molecule has 3 rings (SSSR count). The zero-order valence-electron chi connectivity index (χ0n) is 16.9. The normalized spacial score (nSPS) is 16.7. The lowest BCUT2D eigenvalue weighted by Crippen LogP contribution is -2.52. The summed E-state index contributed by atoms with van der Waals surface area (Å²) in [7, 11) is -5.53. The van der Waals surface area contributed by atoms with Crippen LogP contribution in [0.4, 0.5) is 0 Å². The molecule has 9 heteroatoms. The molecule has 0 aliphatic carbocycles. The van der Waals surface area contributed by atoms with Crippen molar-refractivity contribution in [2.75, 3.05) is 26.4 Å². The van der Waals surface area contributed by atoms with Crippen molar-refractivity contribution in [3.63, 3.8) is 0 Å². The molecule has 0 saturated carbocycles. The predicted molar refractivity (Wildman–Crippen MR) is 114 cm³/mol. The van der Waals surface area contributed by atoms with Gasteiger partial charge in [-0.25, -0.2) is 8.42 Å². The Labute approximate surface area is 173 Å². The van der Waals surface area contributed by atoms with Gasteiger partial charge in [0, 0.05) is 7.05 Å². The van der Waals surface area contributed by atoms with Crippen LogP contribution >= 0.6 is 0 Å². The molecule has 1 aliphatic heterocycles. The van der Waals surface area contributed by atoms with Crippen LogP contribution in [0.1, 0.15) is 24.0 Å². The lowest BCUT2D eigenvalue weighted by molar-refractivity contribution is 0.161. The van der Waals surface area contributed by atoms with Crippen LogP contribution in [0.3, 0.4) is 0 Å². The van der Waals surface area contributed by atoms with Crippen molar-refractivity contribution in [2.45, 2.75) is 30.2 Å². The molecule has 7 nitrogen and oxygen atoms in total. The Morgan fingerprint density at radius 3 is 1.90 bits per heavy atom. The van der Waals surface area contributed by atoms with E-state index in [0.29, 0.717) is 0 Å². The fourth-order valence-corrected chi connectivity index (χ4v) is 4.80. The number of piperidine rings is 1. The number of nitrogens with zero attached hydrogens (tertiary/aromatic N) is 1. The van der Waals surface area contributed by atoms with Gasteiger partial charge >= 0.3 is 0 Å². The summed E-state index contributed by atoms with van der Waals surface area (Å²) in [6.07, 6.45) is 2.89. The fourth-order valence-electron chi connectivity index (χ4n) is 3.40. The molecule has 0 atom stereocenters. The number of sulfonamides is 1. The number of benzene rings is 2. The van der Waals surface area contributed by atoms with Gasteiger partial charge in [-0.3, -0.25) is 4.55 Å². The number of aryl methyl sites for hydroxylation is 1. The first kappa shape index (κ1) is 23.5. The summed E-state index contributed by atoms with van der Waals surface area (Å²) in [5, 5.41) is 3.29. The highest BCUT2D eigenvalue weighted by atomic mass is 32.2. The highest BCUT2D eigenvalue weighted by molar-refractivity contribution is 7.88. The second kappa shape index (κ2) is 9.36. The maximum absolute atomic E-state index is 11.9. The van der Waals surface area contributed by atoms with E-state index in [9.17, 15) is 16.8 Å². The Balaban J connectivity index is 0.000000234. The van der Waals surface area contributed by atoms with Crippen LogP contribution in [0, 0.1) is 6.92 Å². The van der Waals surface area contributed by atoms with E-state index in [1.54, 1.807) is 19.2 Å². The van der Waals surface area contributed by atoms with Gasteiger partial charge < -0.3 is 5.32 Å². The molecule has 0 radical (unpaired) electrons. The average Bonchev–Trinajstić information content (AvgIpc) is 2.68. The zero-order chi connectivity index (χ0) is 21.7. The maximum atomic E-state index is 11.9. The Kier molecular flexibility index (Phi) is 7.58. The van der Waals surface area contributed by atoms with Crippen molar-refractivity contribution < 1.29 is 21.4 Å². The third kappa shape index (κ3) is 6.10. The molecule has 2 N–H and O–H groups in total. The van der Waals surface area contributed by atoms with E-state index in [2.05, 4.69) is 5.32 Å². The Morgan fingerprint density at radius 2 is 1.45 bits per heavy atom. The minimum absolute atomic E-state index is 0.0666. The predicted octanol–water partition coefficient (Wildman–Crippen LogP) is 2.40. The molecule has 1 aliphatic rings. The van der Waals surface area contributed by atoms with Gasteiger partial charge in [0.25, 0.3) is 10.1 Å². The Morgan fingerprint density at radius 1 is 0.931 bits per heavy atom. The van der Waals surface area contributed by atoms with E-state index in [-0.39, 0.29) is 4.90 Å². The van der Waals surface area contributed by atoms with E-state index in [1.165, 1.54) is 22.7 Å². The van der Waals surface area contributed by atoms with Crippen molar-refractivity contribution in [2.24, 2.45) is 0 Å². The summed E-state index contributed by atoms with van der Waals surface area (Å²) < 4.78 is 54.9. The Hall–Kier alpha value is -1.78. The maximum Gasteiger partial charge on any atom is 0.294 e. The van der Waals surface area contributed by atoms with Crippen LogP contribution in [0.25, 0.3) is 0 Å². The minimum atomic E-state index is -4.02. The fraction of sp³-hybridized carbons (Fsp3) is 0.400. The van der Waals surface area contributed by atoms with E-state index in [1.807, 2.05) is 37.3 Å². The third-order valence-electron chi connectivity index (χ3n) is 5.16. The molecule has 0 aromatic heterocycles. The summed E-state index contributed by atoms with van der Waals surface area (Å²) in [5.41, 5.74) is 1.64. The molecule has 29 heavy (non-hydrogen) atoms. The molecular weight excluding hydrogens is 412 g/mol. The van der Waals surface area contributed by atoms with Gasteiger partial charge in [-0.1, -0.05) is 48.0 Å². The topological polar surface area (TPSA) is 104 Å². The standard InChI is InChI=1S/C13H20N2O2S.C7H8O3S/c1-15(18(2,16)17)13(8-10-14-11-9-13)12-6-4-3-5-7-12;1-6-2-4-7(5-3-6)11(8,9)10/h3-7,14H,8-11H2,1-2H3;2-5H,1H3,(H,8,9,10). The minimum Gasteiger partial charge on any atom is -0.317 e. The lowest BCUT2D eigenvalue weighted by Gasteiger charge is -2.44. The molecule has 0 bridgehead atoms. The third-order valence-corrected chi connectivity index (χ3v) is 7.37. The van der Waals surface area contributed by atoms with Crippen molar-refractivity contribution in [3.05, 3.63) is 65.7 Å². The van der Waals surface area contributed by atoms with Crippen molar-refractivity contribution in [1.82, 2.24) is 9.62 Å². The van der Waals surface area contributed by atoms with Gasteiger partial charge in [0.05, 0.1) is 16.7 Å². The quantitative estimate of drug-likeness (QED) is 0.708. The van der Waals surface area contributed by atoms with Crippen molar-refractivity contribution >= 4 is 20.1 Å². The van der Waals surface area contributed by atoms with Crippen molar-refractivity contribution in [1.29, 1.82) is 0 Å². The molecular formula is C20H28N2O5S2. The number of nitrogens with one attached hydrogen (secondary N) is 1. The summed E-state index contributed by atoms with van der Waals surface area (Å²) in [6.45, 7) is 3.53. The molecule has 160 valence electrons. The zero-order valence-corrected chi connectivity index (χ0v) is 18.5. The van der Waals surface area contributed by atoms with E-state index >= 15 is 0 Å². The lowest BCUT2D eigenvalue weighted by atomic mass is 9.81. The van der Waals surface area contributed by atoms with Crippen LogP contribution in [-0.4, -0.2) is 52.1 Å². The highest BCUT2D eigenvalue weighted by Crippen LogP contribution is 2.37.